The van der Waals surface area contributed by atoms with Gasteiger partial charge in [-0.1, -0.05) is 0 Å². The second-order valence-electron chi connectivity index (χ2n) is 4.05. The Morgan fingerprint density at radius 1 is 1.69 bits per heavy atom. The molecule has 1 atom stereocenters. The van der Waals surface area contributed by atoms with E-state index >= 15 is 0 Å². The fraction of sp³-hybridized carbons (Fsp3) is 0.636. The Morgan fingerprint density at radius 2 is 2.50 bits per heavy atom. The van der Waals surface area contributed by atoms with Gasteiger partial charge in [0.25, 0.3) is 0 Å². The summed E-state index contributed by atoms with van der Waals surface area (Å²) >= 11 is 0. The van der Waals surface area contributed by atoms with Crippen molar-refractivity contribution < 1.29 is 5.11 Å². The van der Waals surface area contributed by atoms with Gasteiger partial charge in [-0.25, -0.2) is 4.98 Å². The van der Waals surface area contributed by atoms with Gasteiger partial charge in [0.15, 0.2) is 0 Å². The summed E-state index contributed by atoms with van der Waals surface area (Å²) < 4.78 is 2.08. The molecule has 86 valence electrons. The number of rotatable bonds is 6. The second-order valence-corrected chi connectivity index (χ2v) is 4.05. The van der Waals surface area contributed by atoms with E-state index in [0.717, 1.165) is 5.69 Å². The number of imidazole rings is 1. The number of hydrogen-bond donors (Lipinski definition) is 2. The van der Waals surface area contributed by atoms with Crippen molar-refractivity contribution in [2.24, 2.45) is 0 Å². The van der Waals surface area contributed by atoms with E-state index in [-0.39, 0.29) is 12.6 Å². The molecule has 16 heavy (non-hydrogen) atoms. The highest BCUT2D eigenvalue weighted by Gasteiger charge is 2.27. The summed E-state index contributed by atoms with van der Waals surface area (Å²) in [6, 6.07) is 2.44. The number of aliphatic hydroxyl groups is 1. The van der Waals surface area contributed by atoms with Gasteiger partial charge in [-0.15, -0.1) is 0 Å². The van der Waals surface area contributed by atoms with Crippen LogP contribution < -0.4 is 5.32 Å². The zero-order valence-electron chi connectivity index (χ0n) is 9.13. The highest BCUT2D eigenvalue weighted by atomic mass is 16.3. The third-order valence-corrected chi connectivity index (χ3v) is 2.74. The Hall–Kier alpha value is -1.38. The van der Waals surface area contributed by atoms with Crippen LogP contribution in [-0.4, -0.2) is 27.8 Å². The molecule has 1 saturated carbocycles. The summed E-state index contributed by atoms with van der Waals surface area (Å²) in [6.45, 7) is 0.789. The van der Waals surface area contributed by atoms with Crippen LogP contribution in [0.3, 0.4) is 0 Å². The number of aliphatic hydroxyl groups excluding tert-OH is 1. The molecule has 0 saturated heterocycles. The Morgan fingerprint density at radius 3 is 3.12 bits per heavy atom. The van der Waals surface area contributed by atoms with Crippen molar-refractivity contribution in [3.63, 3.8) is 0 Å². The van der Waals surface area contributed by atoms with Crippen molar-refractivity contribution in [2.45, 2.75) is 31.3 Å². The van der Waals surface area contributed by atoms with Crippen molar-refractivity contribution >= 4 is 0 Å². The van der Waals surface area contributed by atoms with Crippen molar-refractivity contribution in [3.8, 4) is 6.07 Å². The lowest BCUT2D eigenvalue weighted by Gasteiger charge is -2.13. The second kappa shape index (κ2) is 5.10. The van der Waals surface area contributed by atoms with Gasteiger partial charge in [0.1, 0.15) is 6.04 Å². The van der Waals surface area contributed by atoms with Crippen LogP contribution in [0.15, 0.2) is 12.5 Å². The fourth-order valence-electron chi connectivity index (χ4n) is 1.74. The van der Waals surface area contributed by atoms with Gasteiger partial charge < -0.3 is 9.67 Å². The van der Waals surface area contributed by atoms with Gasteiger partial charge in [-0.05, 0) is 25.8 Å². The van der Waals surface area contributed by atoms with Crippen LogP contribution in [0.25, 0.3) is 0 Å². The highest BCUT2D eigenvalue weighted by molar-refractivity contribution is 5.15. The van der Waals surface area contributed by atoms with Gasteiger partial charge in [0.05, 0.1) is 24.3 Å². The molecule has 0 aromatic carbocycles. The lowest BCUT2D eigenvalue weighted by atomic mass is 10.2. The maximum Gasteiger partial charge on any atom is 0.138 e. The molecule has 1 aromatic rings. The molecule has 5 heteroatoms. The van der Waals surface area contributed by atoms with Crippen LogP contribution in [0.1, 0.15) is 37.0 Å². The Kier molecular flexibility index (Phi) is 3.54. The third kappa shape index (κ3) is 2.40. The SMILES string of the molecule is N#CC(NCCCO)c1cncn1C1CC1. The van der Waals surface area contributed by atoms with E-state index in [1.165, 1.54) is 12.8 Å². The molecule has 1 aliphatic carbocycles. The first-order valence-electron chi connectivity index (χ1n) is 5.62. The molecule has 0 aliphatic heterocycles. The van der Waals surface area contributed by atoms with E-state index in [4.69, 9.17) is 10.4 Å². The molecule has 1 unspecified atom stereocenters. The molecular formula is C11H16N4O. The van der Waals surface area contributed by atoms with E-state index in [2.05, 4.69) is 20.9 Å². The lowest BCUT2D eigenvalue weighted by molar-refractivity contribution is 0.284. The van der Waals surface area contributed by atoms with Crippen molar-refractivity contribution in [3.05, 3.63) is 18.2 Å². The zero-order chi connectivity index (χ0) is 11.4. The molecule has 0 radical (unpaired) electrons. The van der Waals surface area contributed by atoms with Crippen LogP contribution in [0, 0.1) is 11.3 Å². The molecule has 2 rings (SSSR count). The molecule has 1 heterocycles. The molecular weight excluding hydrogens is 204 g/mol. The largest absolute Gasteiger partial charge is 0.396 e. The Balaban J connectivity index is 2.02. The van der Waals surface area contributed by atoms with Crippen LogP contribution in [0.4, 0.5) is 0 Å². The number of nitrogens with zero attached hydrogens (tertiary/aromatic N) is 3. The highest BCUT2D eigenvalue weighted by Crippen LogP contribution is 2.36. The molecule has 2 N–H and O–H groups in total. The molecule has 0 bridgehead atoms. The van der Waals surface area contributed by atoms with Gasteiger partial charge in [-0.3, -0.25) is 5.32 Å². The average molecular weight is 220 g/mol. The molecule has 0 amide bonds. The van der Waals surface area contributed by atoms with E-state index in [9.17, 15) is 0 Å². The summed E-state index contributed by atoms with van der Waals surface area (Å²) in [5.41, 5.74) is 0.933. The first kappa shape index (κ1) is 11.1. The van der Waals surface area contributed by atoms with Gasteiger partial charge >= 0.3 is 0 Å². The monoisotopic (exact) mass is 220 g/mol. The third-order valence-electron chi connectivity index (χ3n) is 2.74. The predicted molar refractivity (Wildman–Crippen MR) is 58.6 cm³/mol. The van der Waals surface area contributed by atoms with E-state index < -0.39 is 0 Å². The number of hydrogen-bond acceptors (Lipinski definition) is 4. The fourth-order valence-corrected chi connectivity index (χ4v) is 1.74. The van der Waals surface area contributed by atoms with Crippen LogP contribution in [-0.2, 0) is 0 Å². The zero-order valence-corrected chi connectivity index (χ0v) is 9.13. The summed E-state index contributed by atoms with van der Waals surface area (Å²) in [5.74, 6) is 0. The minimum atomic E-state index is -0.324. The minimum absolute atomic E-state index is 0.146. The summed E-state index contributed by atoms with van der Waals surface area (Å²) in [5, 5.41) is 20.9. The van der Waals surface area contributed by atoms with E-state index in [1.54, 1.807) is 12.5 Å². The van der Waals surface area contributed by atoms with Gasteiger partial charge in [0.2, 0.25) is 0 Å². The van der Waals surface area contributed by atoms with Crippen LogP contribution >= 0.6 is 0 Å². The van der Waals surface area contributed by atoms with Crippen LogP contribution in [0.2, 0.25) is 0 Å². The van der Waals surface area contributed by atoms with Gasteiger partial charge in [0, 0.05) is 12.6 Å². The van der Waals surface area contributed by atoms with Crippen LogP contribution in [0.5, 0.6) is 0 Å². The predicted octanol–water partition coefficient (Wildman–Crippen LogP) is 0.755. The number of nitriles is 1. The lowest BCUT2D eigenvalue weighted by Crippen LogP contribution is -2.23. The summed E-state index contributed by atoms with van der Waals surface area (Å²) in [7, 11) is 0. The molecule has 1 fully saturated rings. The quantitative estimate of drug-likeness (QED) is 0.694. The summed E-state index contributed by atoms with van der Waals surface area (Å²) in [4.78, 5) is 4.10. The normalized spacial score (nSPS) is 17.0. The maximum absolute atomic E-state index is 9.11. The molecule has 1 aromatic heterocycles. The first-order valence-corrected chi connectivity index (χ1v) is 5.62. The minimum Gasteiger partial charge on any atom is -0.396 e. The standard InChI is InChI=1S/C11H16N4O/c12-6-10(14-4-1-5-16)11-7-13-8-15(11)9-2-3-9/h7-10,14,16H,1-5H2. The maximum atomic E-state index is 9.11. The average Bonchev–Trinajstić information content (AvgIpc) is 3.04. The van der Waals surface area contributed by atoms with Crippen molar-refractivity contribution in [1.29, 1.82) is 5.26 Å². The number of aromatic nitrogens is 2. The van der Waals surface area contributed by atoms with E-state index in [1.807, 2.05) is 0 Å². The molecule has 0 spiro atoms. The van der Waals surface area contributed by atoms with Gasteiger partial charge in [-0.2, -0.15) is 5.26 Å². The van der Waals surface area contributed by atoms with Crippen molar-refractivity contribution in [2.75, 3.05) is 13.2 Å². The molecule has 5 nitrogen and oxygen atoms in total. The van der Waals surface area contributed by atoms with Crippen molar-refractivity contribution in [1.82, 2.24) is 14.9 Å². The molecule has 1 aliphatic rings. The Bertz CT molecular complexity index is 378. The van der Waals surface area contributed by atoms with E-state index in [0.29, 0.717) is 19.0 Å². The number of nitrogens with one attached hydrogen (secondary N) is 1. The smallest absolute Gasteiger partial charge is 0.138 e. The first-order chi connectivity index (χ1) is 7.86. The Labute approximate surface area is 94.7 Å². The summed E-state index contributed by atoms with van der Waals surface area (Å²) in [6.07, 6.45) is 6.56. The topological polar surface area (TPSA) is 73.9 Å².